The maximum Gasteiger partial charge on any atom is 0.258 e. The van der Waals surface area contributed by atoms with Crippen molar-refractivity contribution in [2.24, 2.45) is 0 Å². The van der Waals surface area contributed by atoms with Crippen molar-refractivity contribution in [1.82, 2.24) is 20.5 Å². The first kappa shape index (κ1) is 21.6. The van der Waals surface area contributed by atoms with Gasteiger partial charge in [-0.2, -0.15) is 5.10 Å². The molecule has 0 unspecified atom stereocenters. The highest BCUT2D eigenvalue weighted by Crippen LogP contribution is 2.23. The summed E-state index contributed by atoms with van der Waals surface area (Å²) >= 11 is 0. The molecule has 9 heteroatoms. The number of aromatic amines is 1. The number of amides is 1. The van der Waals surface area contributed by atoms with E-state index >= 15 is 0 Å². The van der Waals surface area contributed by atoms with Crippen molar-refractivity contribution in [3.63, 3.8) is 0 Å². The highest BCUT2D eigenvalue weighted by atomic mass is 16.5. The van der Waals surface area contributed by atoms with Crippen LogP contribution in [0.25, 0.3) is 0 Å². The lowest BCUT2D eigenvalue weighted by Crippen LogP contribution is -2.43. The molecule has 1 amide bonds. The number of methoxy groups -OCH3 is 2. The number of benzene rings is 1. The third kappa shape index (κ3) is 5.36. The summed E-state index contributed by atoms with van der Waals surface area (Å²) < 4.78 is 10.6. The van der Waals surface area contributed by atoms with E-state index in [9.17, 15) is 4.79 Å². The molecular weight excluding hydrogens is 408 g/mol. The molecule has 4 rings (SSSR count). The van der Waals surface area contributed by atoms with Gasteiger partial charge in [-0.1, -0.05) is 0 Å². The molecule has 1 fully saturated rings. The highest BCUT2D eigenvalue weighted by molar-refractivity contribution is 6.03. The van der Waals surface area contributed by atoms with Gasteiger partial charge in [0, 0.05) is 50.2 Å². The maximum atomic E-state index is 12.6. The standard InChI is InChI=1S/C23H28N6O3/c1-31-19-11-16(12-20(14-19)32-2)3-5-18-13-21(28-27-18)26-23(30)17-4-6-22(25-15-17)29-9-7-24-8-10-29/h4,6,11-15,24H,3,5,7-10H2,1-2H3,(H2,26,27,28,30). The number of piperazine rings is 1. The van der Waals surface area contributed by atoms with Crippen LogP contribution in [-0.2, 0) is 12.8 Å². The number of nitrogens with zero attached hydrogens (tertiary/aromatic N) is 3. The lowest BCUT2D eigenvalue weighted by molar-refractivity contribution is 0.102. The number of nitrogens with one attached hydrogen (secondary N) is 3. The Morgan fingerprint density at radius 2 is 1.81 bits per heavy atom. The fraction of sp³-hybridized carbons (Fsp3) is 0.348. The van der Waals surface area contributed by atoms with Gasteiger partial charge in [0.1, 0.15) is 17.3 Å². The van der Waals surface area contributed by atoms with E-state index < -0.39 is 0 Å². The Kier molecular flexibility index (Phi) is 6.86. The Morgan fingerprint density at radius 3 is 2.47 bits per heavy atom. The molecule has 0 spiro atoms. The molecule has 0 radical (unpaired) electrons. The predicted molar refractivity (Wildman–Crippen MR) is 123 cm³/mol. The number of carbonyl (C=O) groups excluding carboxylic acids is 1. The van der Waals surface area contributed by atoms with Crippen molar-refractivity contribution in [2.45, 2.75) is 12.8 Å². The first-order chi connectivity index (χ1) is 15.6. The van der Waals surface area contributed by atoms with Crippen LogP contribution in [0.3, 0.4) is 0 Å². The number of rotatable bonds is 8. The number of pyridine rings is 1. The minimum absolute atomic E-state index is 0.236. The average molecular weight is 437 g/mol. The molecule has 0 aliphatic carbocycles. The Morgan fingerprint density at radius 1 is 1.06 bits per heavy atom. The van der Waals surface area contributed by atoms with Gasteiger partial charge in [-0.25, -0.2) is 4.98 Å². The molecule has 32 heavy (non-hydrogen) atoms. The fourth-order valence-electron chi connectivity index (χ4n) is 3.63. The smallest absolute Gasteiger partial charge is 0.258 e. The first-order valence-corrected chi connectivity index (χ1v) is 10.6. The van der Waals surface area contributed by atoms with Gasteiger partial charge in [-0.15, -0.1) is 0 Å². The van der Waals surface area contributed by atoms with Gasteiger partial charge >= 0.3 is 0 Å². The van der Waals surface area contributed by atoms with E-state index in [-0.39, 0.29) is 5.91 Å². The Bertz CT molecular complexity index is 1020. The van der Waals surface area contributed by atoms with Crippen LogP contribution < -0.4 is 25.0 Å². The number of aromatic nitrogens is 3. The van der Waals surface area contributed by atoms with Gasteiger partial charge in [0.2, 0.25) is 0 Å². The van der Waals surface area contributed by atoms with Crippen LogP contribution in [0.2, 0.25) is 0 Å². The lowest BCUT2D eigenvalue weighted by Gasteiger charge is -2.28. The van der Waals surface area contributed by atoms with Crippen LogP contribution in [0.15, 0.2) is 42.6 Å². The number of hydrogen-bond donors (Lipinski definition) is 3. The van der Waals surface area contributed by atoms with Crippen molar-refractivity contribution < 1.29 is 14.3 Å². The summed E-state index contributed by atoms with van der Waals surface area (Å²) in [5.74, 6) is 2.65. The van der Waals surface area contributed by atoms with Crippen LogP contribution in [0.1, 0.15) is 21.6 Å². The minimum atomic E-state index is -0.236. The molecule has 0 saturated carbocycles. The number of carbonyl (C=O) groups is 1. The van der Waals surface area contributed by atoms with Gasteiger partial charge in [0.15, 0.2) is 5.82 Å². The normalized spacial score (nSPS) is 13.6. The molecule has 9 nitrogen and oxygen atoms in total. The first-order valence-electron chi connectivity index (χ1n) is 10.6. The number of H-pyrrole nitrogens is 1. The molecule has 0 atom stereocenters. The second-order valence-electron chi connectivity index (χ2n) is 7.60. The lowest BCUT2D eigenvalue weighted by atomic mass is 10.1. The van der Waals surface area contributed by atoms with Crippen LogP contribution in [0.4, 0.5) is 11.6 Å². The minimum Gasteiger partial charge on any atom is -0.497 e. The summed E-state index contributed by atoms with van der Waals surface area (Å²) in [4.78, 5) is 19.2. The van der Waals surface area contributed by atoms with E-state index in [0.717, 1.165) is 67.6 Å². The zero-order valence-electron chi connectivity index (χ0n) is 18.4. The van der Waals surface area contributed by atoms with E-state index in [0.29, 0.717) is 11.4 Å². The number of anilines is 2. The molecule has 1 aromatic carbocycles. The second kappa shape index (κ2) is 10.1. The third-order valence-corrected chi connectivity index (χ3v) is 5.42. The van der Waals surface area contributed by atoms with Gasteiger partial charge in [-0.3, -0.25) is 9.89 Å². The fourth-order valence-corrected chi connectivity index (χ4v) is 3.63. The molecule has 1 aliphatic heterocycles. The van der Waals surface area contributed by atoms with E-state index in [1.165, 1.54) is 0 Å². The van der Waals surface area contributed by atoms with E-state index in [2.05, 4.69) is 30.7 Å². The van der Waals surface area contributed by atoms with Crippen molar-refractivity contribution in [2.75, 3.05) is 50.6 Å². The average Bonchev–Trinajstić information content (AvgIpc) is 3.30. The van der Waals surface area contributed by atoms with E-state index in [4.69, 9.17) is 9.47 Å². The molecule has 168 valence electrons. The largest absolute Gasteiger partial charge is 0.497 e. The molecular formula is C23H28N6O3. The van der Waals surface area contributed by atoms with Gasteiger partial charge in [0.05, 0.1) is 19.8 Å². The van der Waals surface area contributed by atoms with Crippen molar-refractivity contribution in [3.05, 3.63) is 59.4 Å². The van der Waals surface area contributed by atoms with Crippen molar-refractivity contribution in [3.8, 4) is 11.5 Å². The van der Waals surface area contributed by atoms with Crippen LogP contribution in [0, 0.1) is 0 Å². The summed E-state index contributed by atoms with van der Waals surface area (Å²) in [7, 11) is 3.27. The van der Waals surface area contributed by atoms with Crippen molar-refractivity contribution in [1.29, 1.82) is 0 Å². The summed E-state index contributed by atoms with van der Waals surface area (Å²) in [6.07, 6.45) is 3.12. The molecule has 1 saturated heterocycles. The quantitative estimate of drug-likeness (QED) is 0.498. The molecule has 3 heterocycles. The van der Waals surface area contributed by atoms with E-state index in [1.807, 2.05) is 30.3 Å². The Balaban J connectivity index is 1.33. The van der Waals surface area contributed by atoms with Gasteiger partial charge in [0.25, 0.3) is 5.91 Å². The second-order valence-corrected chi connectivity index (χ2v) is 7.60. The Hall–Kier alpha value is -3.59. The Labute approximate surface area is 187 Å². The van der Waals surface area contributed by atoms with Gasteiger partial charge in [-0.05, 0) is 42.7 Å². The van der Waals surface area contributed by atoms with Gasteiger partial charge < -0.3 is 25.0 Å². The topological polar surface area (TPSA) is 104 Å². The molecule has 3 N–H and O–H groups in total. The number of ether oxygens (including phenoxy) is 2. The SMILES string of the molecule is COc1cc(CCc2cc(NC(=O)c3ccc(N4CCNCC4)nc3)n[nH]2)cc(OC)c1. The molecule has 0 bridgehead atoms. The molecule has 2 aromatic heterocycles. The maximum absolute atomic E-state index is 12.6. The van der Waals surface area contributed by atoms with Crippen molar-refractivity contribution >= 4 is 17.5 Å². The summed E-state index contributed by atoms with van der Waals surface area (Å²) in [5, 5.41) is 13.3. The highest BCUT2D eigenvalue weighted by Gasteiger charge is 2.14. The third-order valence-electron chi connectivity index (χ3n) is 5.42. The van der Waals surface area contributed by atoms with Crippen LogP contribution in [-0.4, -0.2) is 61.5 Å². The monoisotopic (exact) mass is 436 g/mol. The molecule has 3 aromatic rings. The van der Waals surface area contributed by atoms with Crippen LogP contribution >= 0.6 is 0 Å². The van der Waals surface area contributed by atoms with Crippen LogP contribution in [0.5, 0.6) is 11.5 Å². The summed E-state index contributed by atoms with van der Waals surface area (Å²) in [6, 6.07) is 11.3. The number of hydrogen-bond acceptors (Lipinski definition) is 7. The van der Waals surface area contributed by atoms with E-state index in [1.54, 1.807) is 26.5 Å². The summed E-state index contributed by atoms with van der Waals surface area (Å²) in [5.41, 5.74) is 2.52. The number of aryl methyl sites for hydroxylation is 2. The predicted octanol–water partition coefficient (Wildman–Crippen LogP) is 2.27. The zero-order valence-corrected chi connectivity index (χ0v) is 18.4. The zero-order chi connectivity index (χ0) is 22.3. The summed E-state index contributed by atoms with van der Waals surface area (Å²) in [6.45, 7) is 3.71. The molecule has 1 aliphatic rings.